The van der Waals surface area contributed by atoms with Crippen LogP contribution in [0, 0.1) is 11.6 Å². The normalized spacial score (nSPS) is 10.3. The Morgan fingerprint density at radius 3 is 2.71 bits per heavy atom. The predicted molar refractivity (Wildman–Crippen MR) is 59.9 cm³/mol. The smallest absolute Gasteiger partial charge is 0.250 e. The molecule has 0 saturated carbocycles. The Morgan fingerprint density at radius 1 is 1.18 bits per heavy atom. The maximum Gasteiger partial charge on any atom is 0.250 e. The summed E-state index contributed by atoms with van der Waals surface area (Å²) in [6.45, 7) is -0.100. The molecule has 0 spiro atoms. The summed E-state index contributed by atoms with van der Waals surface area (Å²) in [5, 5.41) is 0.301. The van der Waals surface area contributed by atoms with Gasteiger partial charge >= 0.3 is 0 Å². The van der Waals surface area contributed by atoms with E-state index in [1.54, 1.807) is 0 Å². The van der Waals surface area contributed by atoms with Gasteiger partial charge in [-0.05, 0) is 24.3 Å². The summed E-state index contributed by atoms with van der Waals surface area (Å²) >= 11 is 5.61. The summed E-state index contributed by atoms with van der Waals surface area (Å²) in [7, 11) is 0. The van der Waals surface area contributed by atoms with Crippen LogP contribution in [0.4, 0.5) is 8.78 Å². The molecule has 0 aliphatic carbocycles. The highest BCUT2D eigenvalue weighted by Gasteiger charge is 2.07. The fourth-order valence-electron chi connectivity index (χ4n) is 1.26. The minimum Gasteiger partial charge on any atom is -0.471 e. The van der Waals surface area contributed by atoms with Crippen LogP contribution in [0.25, 0.3) is 0 Å². The van der Waals surface area contributed by atoms with Gasteiger partial charge in [0.2, 0.25) is 0 Å². The number of aromatic nitrogens is 1. The fraction of sp³-hybridized carbons (Fsp3) is 0.0833. The van der Waals surface area contributed by atoms with Crippen LogP contribution >= 0.6 is 11.6 Å². The van der Waals surface area contributed by atoms with Gasteiger partial charge in [-0.15, -0.1) is 0 Å². The molecule has 0 radical (unpaired) electrons. The summed E-state index contributed by atoms with van der Waals surface area (Å²) in [6, 6.07) is 6.87. The Labute approximate surface area is 102 Å². The highest BCUT2D eigenvalue weighted by molar-refractivity contribution is 6.30. The Balaban J connectivity index is 2.10. The zero-order valence-corrected chi connectivity index (χ0v) is 9.42. The average Bonchev–Trinajstić information content (AvgIpc) is 2.30. The van der Waals surface area contributed by atoms with Gasteiger partial charge in [-0.1, -0.05) is 17.7 Å². The van der Waals surface area contributed by atoms with Gasteiger partial charge in [0.15, 0.2) is 5.82 Å². The molecular weight excluding hydrogens is 248 g/mol. The lowest BCUT2D eigenvalue weighted by atomic mass is 10.2. The van der Waals surface area contributed by atoms with E-state index in [4.69, 9.17) is 16.3 Å². The van der Waals surface area contributed by atoms with Crippen LogP contribution in [0.1, 0.15) is 5.56 Å². The number of hydrogen-bond donors (Lipinski definition) is 0. The van der Waals surface area contributed by atoms with E-state index in [1.807, 2.05) is 0 Å². The Bertz CT molecular complexity index is 534. The number of pyridine rings is 1. The summed E-state index contributed by atoms with van der Waals surface area (Å²) in [4.78, 5) is 3.69. The van der Waals surface area contributed by atoms with Gasteiger partial charge in [-0.3, -0.25) is 0 Å². The summed E-state index contributed by atoms with van der Waals surface area (Å²) in [5.41, 5.74) is 0.291. The average molecular weight is 256 g/mol. The van der Waals surface area contributed by atoms with E-state index < -0.39 is 11.6 Å². The number of nitrogens with zero attached hydrogens (tertiary/aromatic N) is 1. The predicted octanol–water partition coefficient (Wildman–Crippen LogP) is 3.59. The monoisotopic (exact) mass is 255 g/mol. The number of hydrogen-bond acceptors (Lipinski definition) is 2. The quantitative estimate of drug-likeness (QED) is 0.836. The standard InChI is InChI=1S/C12H8ClF2NO/c13-9-4-3-8(11(15)6-9)7-17-12-10(14)2-1-5-16-12/h1-6H,7H2. The molecule has 0 amide bonds. The van der Waals surface area contributed by atoms with Crippen LogP contribution in [0.15, 0.2) is 36.5 Å². The molecule has 0 N–H and O–H groups in total. The maximum atomic E-state index is 13.4. The second-order valence-corrected chi connectivity index (χ2v) is 3.75. The molecule has 88 valence electrons. The summed E-state index contributed by atoms with van der Waals surface area (Å²) < 4.78 is 31.6. The first kappa shape index (κ1) is 11.8. The van der Waals surface area contributed by atoms with Crippen molar-refractivity contribution in [2.45, 2.75) is 6.61 Å². The zero-order valence-electron chi connectivity index (χ0n) is 8.66. The van der Waals surface area contributed by atoms with Crippen molar-refractivity contribution in [3.05, 3.63) is 58.7 Å². The van der Waals surface area contributed by atoms with Crippen molar-refractivity contribution in [1.29, 1.82) is 0 Å². The van der Waals surface area contributed by atoms with E-state index in [9.17, 15) is 8.78 Å². The highest BCUT2D eigenvalue weighted by Crippen LogP contribution is 2.18. The summed E-state index contributed by atoms with van der Waals surface area (Å²) in [6.07, 6.45) is 1.40. The number of halogens is 3. The van der Waals surface area contributed by atoms with Crippen molar-refractivity contribution in [3.8, 4) is 5.88 Å². The molecule has 0 bridgehead atoms. The Kier molecular flexibility index (Phi) is 3.54. The SMILES string of the molecule is Fc1cc(Cl)ccc1COc1ncccc1F. The molecule has 2 rings (SSSR count). The lowest BCUT2D eigenvalue weighted by Crippen LogP contribution is -2.01. The molecule has 2 nitrogen and oxygen atoms in total. The van der Waals surface area contributed by atoms with Crippen LogP contribution in [0.2, 0.25) is 5.02 Å². The molecule has 0 unspecified atom stereocenters. The molecule has 1 aromatic heterocycles. The van der Waals surface area contributed by atoms with Crippen molar-refractivity contribution in [2.75, 3.05) is 0 Å². The van der Waals surface area contributed by atoms with Crippen LogP contribution in [0.3, 0.4) is 0 Å². The molecule has 17 heavy (non-hydrogen) atoms. The molecular formula is C12H8ClF2NO. The molecule has 0 aliphatic rings. The molecule has 5 heteroatoms. The van der Waals surface area contributed by atoms with Crippen LogP contribution in [-0.2, 0) is 6.61 Å². The second kappa shape index (κ2) is 5.10. The van der Waals surface area contributed by atoms with Gasteiger partial charge in [0, 0.05) is 16.8 Å². The number of ether oxygens (including phenoxy) is 1. The maximum absolute atomic E-state index is 13.4. The first-order valence-corrected chi connectivity index (χ1v) is 5.22. The van der Waals surface area contributed by atoms with Gasteiger partial charge in [-0.25, -0.2) is 13.8 Å². The van der Waals surface area contributed by atoms with Gasteiger partial charge in [0.25, 0.3) is 5.88 Å². The first-order valence-electron chi connectivity index (χ1n) is 4.84. The second-order valence-electron chi connectivity index (χ2n) is 3.31. The van der Waals surface area contributed by atoms with Crippen LogP contribution < -0.4 is 4.74 Å². The third-order valence-corrected chi connectivity index (χ3v) is 2.34. The van der Waals surface area contributed by atoms with Crippen LogP contribution in [0.5, 0.6) is 5.88 Å². The molecule has 0 atom stereocenters. The van der Waals surface area contributed by atoms with E-state index >= 15 is 0 Å². The lowest BCUT2D eigenvalue weighted by molar-refractivity contribution is 0.272. The molecule has 0 fully saturated rings. The van der Waals surface area contributed by atoms with E-state index in [-0.39, 0.29) is 12.5 Å². The van der Waals surface area contributed by atoms with Crippen molar-refractivity contribution < 1.29 is 13.5 Å². The van der Waals surface area contributed by atoms with Gasteiger partial charge in [0.05, 0.1) is 0 Å². The Hall–Kier alpha value is -1.68. The van der Waals surface area contributed by atoms with Gasteiger partial charge in [-0.2, -0.15) is 0 Å². The third-order valence-electron chi connectivity index (χ3n) is 2.10. The van der Waals surface area contributed by atoms with Crippen molar-refractivity contribution in [3.63, 3.8) is 0 Å². The molecule has 0 aliphatic heterocycles. The fourth-order valence-corrected chi connectivity index (χ4v) is 1.42. The minimum absolute atomic E-state index is 0.100. The summed E-state index contributed by atoms with van der Waals surface area (Å²) in [5.74, 6) is -1.22. The van der Waals surface area contributed by atoms with Crippen molar-refractivity contribution in [2.24, 2.45) is 0 Å². The Morgan fingerprint density at radius 2 is 2.00 bits per heavy atom. The van der Waals surface area contributed by atoms with Gasteiger partial charge < -0.3 is 4.74 Å². The molecule has 1 heterocycles. The van der Waals surface area contributed by atoms with Crippen molar-refractivity contribution in [1.82, 2.24) is 4.98 Å². The van der Waals surface area contributed by atoms with E-state index in [2.05, 4.69) is 4.98 Å². The topological polar surface area (TPSA) is 22.1 Å². The highest BCUT2D eigenvalue weighted by atomic mass is 35.5. The first-order chi connectivity index (χ1) is 8.16. The molecule has 2 aromatic rings. The van der Waals surface area contributed by atoms with E-state index in [0.717, 1.165) is 0 Å². The molecule has 0 saturated heterocycles. The van der Waals surface area contributed by atoms with Crippen molar-refractivity contribution >= 4 is 11.6 Å². The number of benzene rings is 1. The minimum atomic E-state index is -0.582. The van der Waals surface area contributed by atoms with E-state index in [1.165, 1.54) is 36.5 Å². The lowest BCUT2D eigenvalue weighted by Gasteiger charge is -2.06. The zero-order chi connectivity index (χ0) is 12.3. The molecule has 1 aromatic carbocycles. The van der Waals surface area contributed by atoms with E-state index in [0.29, 0.717) is 10.6 Å². The largest absolute Gasteiger partial charge is 0.471 e. The van der Waals surface area contributed by atoms with Crippen LogP contribution in [-0.4, -0.2) is 4.98 Å². The number of rotatable bonds is 3. The van der Waals surface area contributed by atoms with Gasteiger partial charge in [0.1, 0.15) is 12.4 Å². The third kappa shape index (κ3) is 2.91.